The minimum atomic E-state index is -0.0130. The Kier molecular flexibility index (Phi) is 2.95. The monoisotopic (exact) mass is 184 g/mol. The van der Waals surface area contributed by atoms with Crippen molar-refractivity contribution < 1.29 is 0 Å². The van der Waals surface area contributed by atoms with Gasteiger partial charge in [0.15, 0.2) is 0 Å². The lowest BCUT2D eigenvalue weighted by Crippen LogP contribution is -2.09. The summed E-state index contributed by atoms with van der Waals surface area (Å²) >= 11 is 5.93. The third-order valence-electron chi connectivity index (χ3n) is 1.86. The van der Waals surface area contributed by atoms with Gasteiger partial charge in [-0.3, -0.25) is 0 Å². The molecule has 2 nitrogen and oxygen atoms in total. The van der Waals surface area contributed by atoms with Crippen LogP contribution in [0.1, 0.15) is 24.9 Å². The average Bonchev–Trinajstić information content (AvgIpc) is 2.08. The maximum atomic E-state index is 5.93. The zero-order valence-electron chi connectivity index (χ0n) is 7.05. The van der Waals surface area contributed by atoms with E-state index in [9.17, 15) is 0 Å². The van der Waals surface area contributed by atoms with Gasteiger partial charge in [-0.25, -0.2) is 0 Å². The van der Waals surface area contributed by atoms with Crippen molar-refractivity contribution in [2.75, 3.05) is 5.73 Å². The predicted octanol–water partition coefficient (Wildman–Crippen LogP) is 2.33. The van der Waals surface area contributed by atoms with Crippen LogP contribution in [0, 0.1) is 0 Å². The number of nitrogens with two attached hydrogens (primary N) is 2. The molecule has 1 aromatic carbocycles. The first-order valence-corrected chi connectivity index (χ1v) is 4.33. The van der Waals surface area contributed by atoms with Crippen LogP contribution in [-0.2, 0) is 0 Å². The van der Waals surface area contributed by atoms with E-state index in [-0.39, 0.29) is 6.04 Å². The Labute approximate surface area is 77.5 Å². The molecule has 4 N–H and O–H groups in total. The lowest BCUT2D eigenvalue weighted by Gasteiger charge is -2.11. The molecule has 0 aliphatic heterocycles. The van der Waals surface area contributed by atoms with Crippen molar-refractivity contribution in [2.45, 2.75) is 19.4 Å². The first kappa shape index (κ1) is 9.36. The molecule has 0 spiro atoms. The third kappa shape index (κ3) is 1.90. The molecule has 1 atom stereocenters. The molecule has 0 saturated carbocycles. The van der Waals surface area contributed by atoms with Crippen LogP contribution < -0.4 is 11.5 Å². The normalized spacial score (nSPS) is 12.9. The van der Waals surface area contributed by atoms with Crippen LogP contribution in [0.25, 0.3) is 0 Å². The highest BCUT2D eigenvalue weighted by Gasteiger charge is 2.07. The van der Waals surface area contributed by atoms with Gasteiger partial charge in [-0.05, 0) is 30.2 Å². The number of nitrogen functional groups attached to an aromatic ring is 1. The molecule has 0 amide bonds. The second-order valence-corrected chi connectivity index (χ2v) is 3.20. The first-order valence-electron chi connectivity index (χ1n) is 3.95. The molecule has 0 unspecified atom stereocenters. The Hall–Kier alpha value is -0.730. The van der Waals surface area contributed by atoms with Gasteiger partial charge in [0.2, 0.25) is 0 Å². The van der Waals surface area contributed by atoms with Gasteiger partial charge in [0.1, 0.15) is 0 Å². The van der Waals surface area contributed by atoms with Crippen molar-refractivity contribution in [3.05, 3.63) is 28.8 Å². The quantitative estimate of drug-likeness (QED) is 0.694. The third-order valence-corrected chi connectivity index (χ3v) is 2.20. The average molecular weight is 185 g/mol. The Morgan fingerprint density at radius 1 is 1.50 bits per heavy atom. The Morgan fingerprint density at radius 3 is 2.75 bits per heavy atom. The van der Waals surface area contributed by atoms with E-state index in [1.54, 1.807) is 12.1 Å². The second-order valence-electron chi connectivity index (χ2n) is 2.80. The van der Waals surface area contributed by atoms with Crippen molar-refractivity contribution in [1.82, 2.24) is 0 Å². The van der Waals surface area contributed by atoms with Crippen molar-refractivity contribution in [3.63, 3.8) is 0 Å². The second kappa shape index (κ2) is 3.78. The highest BCUT2D eigenvalue weighted by Crippen LogP contribution is 2.25. The smallest absolute Gasteiger partial charge is 0.0455 e. The highest BCUT2D eigenvalue weighted by atomic mass is 35.5. The summed E-state index contributed by atoms with van der Waals surface area (Å²) in [6.45, 7) is 2.02. The molecule has 0 aromatic heterocycles. The number of benzene rings is 1. The van der Waals surface area contributed by atoms with E-state index in [0.717, 1.165) is 12.0 Å². The predicted molar refractivity (Wildman–Crippen MR) is 53.1 cm³/mol. The van der Waals surface area contributed by atoms with Crippen LogP contribution in [0.15, 0.2) is 18.2 Å². The maximum absolute atomic E-state index is 5.93. The summed E-state index contributed by atoms with van der Waals surface area (Å²) in [6.07, 6.45) is 0.864. The Bertz CT molecular complexity index is 273. The summed E-state index contributed by atoms with van der Waals surface area (Å²) in [5.41, 5.74) is 13.1. The van der Waals surface area contributed by atoms with E-state index in [1.807, 2.05) is 13.0 Å². The van der Waals surface area contributed by atoms with Gasteiger partial charge < -0.3 is 11.5 Å². The fourth-order valence-corrected chi connectivity index (χ4v) is 1.32. The fourth-order valence-electron chi connectivity index (χ4n) is 1.07. The van der Waals surface area contributed by atoms with Crippen LogP contribution in [0.2, 0.25) is 5.02 Å². The number of rotatable bonds is 2. The van der Waals surface area contributed by atoms with Crippen LogP contribution in [-0.4, -0.2) is 0 Å². The molecule has 1 rings (SSSR count). The van der Waals surface area contributed by atoms with Gasteiger partial charge >= 0.3 is 0 Å². The summed E-state index contributed by atoms with van der Waals surface area (Å²) in [5.74, 6) is 0. The molecule has 0 aliphatic carbocycles. The molecule has 12 heavy (non-hydrogen) atoms. The topological polar surface area (TPSA) is 52.0 Å². The number of hydrogen-bond donors (Lipinski definition) is 2. The minimum Gasteiger partial charge on any atom is -0.399 e. The molecule has 0 fully saturated rings. The van der Waals surface area contributed by atoms with Crippen LogP contribution in [0.4, 0.5) is 5.69 Å². The zero-order valence-corrected chi connectivity index (χ0v) is 7.81. The summed E-state index contributed by atoms with van der Waals surface area (Å²) in [6, 6.07) is 5.37. The molecule has 0 bridgehead atoms. The van der Waals surface area contributed by atoms with Crippen LogP contribution >= 0.6 is 11.6 Å². The molecular formula is C9H13ClN2. The number of hydrogen-bond acceptors (Lipinski definition) is 2. The van der Waals surface area contributed by atoms with Gasteiger partial charge in [0, 0.05) is 16.8 Å². The Morgan fingerprint density at radius 2 is 2.17 bits per heavy atom. The number of halogens is 1. The molecule has 0 aliphatic rings. The molecule has 0 heterocycles. The van der Waals surface area contributed by atoms with E-state index < -0.39 is 0 Å². The van der Waals surface area contributed by atoms with Gasteiger partial charge in [0.05, 0.1) is 0 Å². The molecule has 0 radical (unpaired) electrons. The van der Waals surface area contributed by atoms with Crippen molar-refractivity contribution >= 4 is 17.3 Å². The lowest BCUT2D eigenvalue weighted by molar-refractivity contribution is 0.699. The van der Waals surface area contributed by atoms with Gasteiger partial charge in [-0.1, -0.05) is 18.5 Å². The summed E-state index contributed by atoms with van der Waals surface area (Å²) < 4.78 is 0. The lowest BCUT2D eigenvalue weighted by atomic mass is 10.1. The number of anilines is 1. The van der Waals surface area contributed by atoms with Crippen LogP contribution in [0.5, 0.6) is 0 Å². The SMILES string of the molecule is CC[C@H](N)c1cc(N)ccc1Cl. The fraction of sp³-hybridized carbons (Fsp3) is 0.333. The van der Waals surface area contributed by atoms with E-state index in [1.165, 1.54) is 0 Å². The van der Waals surface area contributed by atoms with Crippen molar-refractivity contribution in [2.24, 2.45) is 5.73 Å². The standard InChI is InChI=1S/C9H13ClN2/c1-2-9(12)7-5-6(11)3-4-8(7)10/h3-5,9H,2,11-12H2,1H3/t9-/m0/s1. The van der Waals surface area contributed by atoms with Gasteiger partial charge in [-0.15, -0.1) is 0 Å². The molecule has 0 saturated heterocycles. The largest absolute Gasteiger partial charge is 0.399 e. The highest BCUT2D eigenvalue weighted by molar-refractivity contribution is 6.31. The maximum Gasteiger partial charge on any atom is 0.0455 e. The van der Waals surface area contributed by atoms with E-state index in [0.29, 0.717) is 10.7 Å². The summed E-state index contributed by atoms with van der Waals surface area (Å²) in [5, 5.41) is 0.693. The molecular weight excluding hydrogens is 172 g/mol. The van der Waals surface area contributed by atoms with Gasteiger partial charge in [-0.2, -0.15) is 0 Å². The first-order chi connectivity index (χ1) is 5.65. The van der Waals surface area contributed by atoms with E-state index in [2.05, 4.69) is 0 Å². The summed E-state index contributed by atoms with van der Waals surface area (Å²) in [7, 11) is 0. The van der Waals surface area contributed by atoms with Crippen molar-refractivity contribution in [3.8, 4) is 0 Å². The zero-order chi connectivity index (χ0) is 9.14. The van der Waals surface area contributed by atoms with Gasteiger partial charge in [0.25, 0.3) is 0 Å². The Balaban J connectivity index is 3.04. The van der Waals surface area contributed by atoms with Crippen LogP contribution in [0.3, 0.4) is 0 Å². The molecule has 1 aromatic rings. The molecule has 3 heteroatoms. The van der Waals surface area contributed by atoms with E-state index >= 15 is 0 Å². The van der Waals surface area contributed by atoms with E-state index in [4.69, 9.17) is 23.1 Å². The molecule has 66 valence electrons. The van der Waals surface area contributed by atoms with Crippen molar-refractivity contribution in [1.29, 1.82) is 0 Å². The minimum absolute atomic E-state index is 0.0130. The summed E-state index contributed by atoms with van der Waals surface area (Å²) in [4.78, 5) is 0.